The third-order valence-electron chi connectivity index (χ3n) is 4.90. The van der Waals surface area contributed by atoms with Gasteiger partial charge in [0.2, 0.25) is 0 Å². The van der Waals surface area contributed by atoms with E-state index in [-0.39, 0.29) is 0 Å². The summed E-state index contributed by atoms with van der Waals surface area (Å²) in [5, 5.41) is 0. The lowest BCUT2D eigenvalue weighted by molar-refractivity contribution is 0.340. The van der Waals surface area contributed by atoms with Gasteiger partial charge in [0.25, 0.3) is 0 Å². The summed E-state index contributed by atoms with van der Waals surface area (Å²) in [6.07, 6.45) is 6.50. The van der Waals surface area contributed by atoms with Crippen molar-refractivity contribution in [3.63, 3.8) is 0 Å². The lowest BCUT2D eigenvalue weighted by Gasteiger charge is -2.30. The van der Waals surface area contributed by atoms with Gasteiger partial charge in [-0.1, -0.05) is 24.3 Å². The number of fused-ring (bicyclic) bond motifs is 2. The van der Waals surface area contributed by atoms with Crippen molar-refractivity contribution in [1.82, 2.24) is 4.90 Å². The normalized spacial score (nSPS) is 31.6. The minimum absolute atomic E-state index is 0.412. The molecule has 3 aliphatic rings. The first-order valence-corrected chi connectivity index (χ1v) is 7.18. The predicted molar refractivity (Wildman–Crippen MR) is 78.6 cm³/mol. The number of para-hydroxylation sites is 1. The highest BCUT2D eigenvalue weighted by Crippen LogP contribution is 2.54. The molecule has 19 heavy (non-hydrogen) atoms. The standard InChI is InChI=1S/C17H20N2/c1-11-6-4-5-7-15(11)19-12(2)18(3)17-14-10-13(14)8-9-16(17)19/h4-9,12-14H,10H2,1-3H3/t12-,13?,14?/m0/s1. The Morgan fingerprint density at radius 1 is 1.21 bits per heavy atom. The van der Waals surface area contributed by atoms with E-state index in [9.17, 15) is 0 Å². The zero-order valence-corrected chi connectivity index (χ0v) is 11.8. The Balaban J connectivity index is 1.84. The van der Waals surface area contributed by atoms with Gasteiger partial charge in [0.15, 0.2) is 0 Å². The van der Waals surface area contributed by atoms with E-state index in [0.717, 1.165) is 11.8 Å². The Bertz CT molecular complexity index is 599. The fourth-order valence-corrected chi connectivity index (χ4v) is 3.62. The molecule has 2 unspecified atom stereocenters. The lowest BCUT2D eigenvalue weighted by Crippen LogP contribution is -2.36. The number of aryl methyl sites for hydroxylation is 1. The van der Waals surface area contributed by atoms with Crippen molar-refractivity contribution in [3.05, 3.63) is 53.4 Å². The van der Waals surface area contributed by atoms with Gasteiger partial charge in [-0.3, -0.25) is 0 Å². The van der Waals surface area contributed by atoms with Crippen LogP contribution in [-0.2, 0) is 0 Å². The monoisotopic (exact) mass is 252 g/mol. The molecule has 98 valence electrons. The van der Waals surface area contributed by atoms with Crippen LogP contribution in [0.25, 0.3) is 0 Å². The van der Waals surface area contributed by atoms with E-state index in [1.807, 2.05) is 0 Å². The molecular formula is C17H20N2. The quantitative estimate of drug-likeness (QED) is 0.754. The molecule has 0 saturated heterocycles. The van der Waals surface area contributed by atoms with Crippen LogP contribution in [0.5, 0.6) is 0 Å². The molecule has 0 amide bonds. The molecule has 1 fully saturated rings. The van der Waals surface area contributed by atoms with Crippen LogP contribution >= 0.6 is 0 Å². The van der Waals surface area contributed by atoms with Crippen molar-refractivity contribution in [2.45, 2.75) is 26.4 Å². The van der Waals surface area contributed by atoms with Crippen LogP contribution in [0.2, 0.25) is 0 Å². The smallest absolute Gasteiger partial charge is 0.103 e. The van der Waals surface area contributed by atoms with Crippen molar-refractivity contribution < 1.29 is 0 Å². The maximum atomic E-state index is 2.50. The van der Waals surface area contributed by atoms with Crippen molar-refractivity contribution >= 4 is 5.69 Å². The molecule has 1 aliphatic heterocycles. The minimum atomic E-state index is 0.412. The van der Waals surface area contributed by atoms with E-state index in [0.29, 0.717) is 6.17 Å². The molecule has 4 rings (SSSR count). The van der Waals surface area contributed by atoms with Gasteiger partial charge < -0.3 is 9.80 Å². The number of anilines is 1. The van der Waals surface area contributed by atoms with E-state index in [2.05, 4.69) is 67.1 Å². The van der Waals surface area contributed by atoms with Crippen LogP contribution in [0, 0.1) is 18.8 Å². The highest BCUT2D eigenvalue weighted by molar-refractivity contribution is 5.64. The van der Waals surface area contributed by atoms with Crippen LogP contribution in [0.4, 0.5) is 5.69 Å². The molecule has 0 bridgehead atoms. The van der Waals surface area contributed by atoms with E-state index in [4.69, 9.17) is 0 Å². The molecule has 2 nitrogen and oxygen atoms in total. The average Bonchev–Trinajstić information content (AvgIpc) is 3.14. The summed E-state index contributed by atoms with van der Waals surface area (Å²) in [5.74, 6) is 1.59. The van der Waals surface area contributed by atoms with Gasteiger partial charge in [0.05, 0.1) is 5.70 Å². The molecule has 1 aromatic carbocycles. The number of hydrogen-bond acceptors (Lipinski definition) is 2. The van der Waals surface area contributed by atoms with Gasteiger partial charge in [-0.05, 0) is 43.9 Å². The summed E-state index contributed by atoms with van der Waals surface area (Å²) in [6.45, 7) is 4.50. The average molecular weight is 252 g/mol. The summed E-state index contributed by atoms with van der Waals surface area (Å²) in [5.41, 5.74) is 5.67. The van der Waals surface area contributed by atoms with E-state index < -0.39 is 0 Å². The molecule has 1 saturated carbocycles. The van der Waals surface area contributed by atoms with Gasteiger partial charge in [-0.25, -0.2) is 0 Å². The predicted octanol–water partition coefficient (Wildman–Crippen LogP) is 3.51. The summed E-state index contributed by atoms with van der Waals surface area (Å²) in [6, 6.07) is 8.70. The zero-order valence-electron chi connectivity index (χ0n) is 11.8. The summed E-state index contributed by atoms with van der Waals surface area (Å²) in [4.78, 5) is 4.96. The molecule has 2 aliphatic carbocycles. The summed E-state index contributed by atoms with van der Waals surface area (Å²) < 4.78 is 0. The molecule has 0 radical (unpaired) electrons. The Morgan fingerprint density at radius 2 is 2.00 bits per heavy atom. The van der Waals surface area contributed by atoms with Crippen LogP contribution in [0.15, 0.2) is 47.8 Å². The zero-order chi connectivity index (χ0) is 13.1. The van der Waals surface area contributed by atoms with Crippen molar-refractivity contribution in [3.8, 4) is 0 Å². The Morgan fingerprint density at radius 3 is 2.79 bits per heavy atom. The molecule has 1 heterocycles. The second-order valence-electron chi connectivity index (χ2n) is 6.03. The van der Waals surface area contributed by atoms with Crippen molar-refractivity contribution in [1.29, 1.82) is 0 Å². The van der Waals surface area contributed by atoms with Gasteiger partial charge in [-0.15, -0.1) is 0 Å². The molecule has 2 heteroatoms. The first-order valence-electron chi connectivity index (χ1n) is 7.18. The van der Waals surface area contributed by atoms with Crippen LogP contribution in [0.1, 0.15) is 18.9 Å². The van der Waals surface area contributed by atoms with Gasteiger partial charge in [0.1, 0.15) is 6.17 Å². The summed E-state index contributed by atoms with van der Waals surface area (Å²) >= 11 is 0. The fourth-order valence-electron chi connectivity index (χ4n) is 3.62. The molecule has 0 aromatic heterocycles. The maximum Gasteiger partial charge on any atom is 0.103 e. The second kappa shape index (κ2) is 3.66. The van der Waals surface area contributed by atoms with E-state index in [1.165, 1.54) is 23.4 Å². The Hall–Kier alpha value is -1.70. The SMILES string of the molecule is Cc1ccccc1N1C2=C(C3CC3C=C2)N(C)[C@@H]1C. The van der Waals surface area contributed by atoms with Crippen molar-refractivity contribution in [2.24, 2.45) is 11.8 Å². The lowest BCUT2D eigenvalue weighted by atomic mass is 10.1. The first-order chi connectivity index (χ1) is 9.18. The molecule has 0 N–H and O–H groups in total. The fraction of sp³-hybridized carbons (Fsp3) is 0.412. The molecule has 1 aromatic rings. The Labute approximate surface area is 115 Å². The van der Waals surface area contributed by atoms with Crippen LogP contribution < -0.4 is 4.90 Å². The molecule has 3 atom stereocenters. The van der Waals surface area contributed by atoms with Crippen LogP contribution in [-0.4, -0.2) is 18.1 Å². The van der Waals surface area contributed by atoms with E-state index >= 15 is 0 Å². The van der Waals surface area contributed by atoms with Gasteiger partial charge >= 0.3 is 0 Å². The van der Waals surface area contributed by atoms with E-state index in [1.54, 1.807) is 5.70 Å². The van der Waals surface area contributed by atoms with Gasteiger partial charge in [-0.2, -0.15) is 0 Å². The largest absolute Gasteiger partial charge is 0.356 e. The number of benzene rings is 1. The summed E-state index contributed by atoms with van der Waals surface area (Å²) in [7, 11) is 2.24. The third kappa shape index (κ3) is 1.43. The maximum absolute atomic E-state index is 2.50. The number of hydrogen-bond donors (Lipinski definition) is 0. The van der Waals surface area contributed by atoms with Crippen LogP contribution in [0.3, 0.4) is 0 Å². The Kier molecular flexibility index (Phi) is 2.15. The highest BCUT2D eigenvalue weighted by atomic mass is 15.4. The third-order valence-corrected chi connectivity index (χ3v) is 4.90. The second-order valence-corrected chi connectivity index (χ2v) is 6.03. The molecule has 0 spiro atoms. The first kappa shape index (κ1) is 11.2. The topological polar surface area (TPSA) is 6.48 Å². The molecular weight excluding hydrogens is 232 g/mol. The number of rotatable bonds is 1. The number of nitrogens with zero attached hydrogens (tertiary/aromatic N) is 2. The number of allylic oxidation sites excluding steroid dienone is 3. The van der Waals surface area contributed by atoms with Gasteiger partial charge in [0, 0.05) is 24.4 Å². The van der Waals surface area contributed by atoms with Crippen molar-refractivity contribution in [2.75, 3.05) is 11.9 Å². The minimum Gasteiger partial charge on any atom is -0.356 e. The highest BCUT2D eigenvalue weighted by Gasteiger charge is 2.48.